The van der Waals surface area contributed by atoms with E-state index in [4.69, 9.17) is 10.9 Å². The summed E-state index contributed by atoms with van der Waals surface area (Å²) >= 11 is 0. The molecule has 0 unspecified atom stereocenters. The van der Waals surface area contributed by atoms with Crippen molar-refractivity contribution in [2.24, 2.45) is 16.8 Å². The first-order chi connectivity index (χ1) is 9.11. The van der Waals surface area contributed by atoms with Gasteiger partial charge >= 0.3 is 0 Å². The van der Waals surface area contributed by atoms with Gasteiger partial charge in [-0.1, -0.05) is 5.16 Å². The molecule has 102 valence electrons. The monoisotopic (exact) mass is 263 g/mol. The number of aromatic nitrogens is 2. The van der Waals surface area contributed by atoms with Crippen LogP contribution in [0.4, 0.5) is 0 Å². The quantitative estimate of drug-likeness (QED) is 0.347. The van der Waals surface area contributed by atoms with Crippen LogP contribution in [0.15, 0.2) is 17.5 Å². The molecule has 1 fully saturated rings. The van der Waals surface area contributed by atoms with E-state index in [1.807, 2.05) is 6.92 Å². The molecule has 0 atom stereocenters. The lowest BCUT2D eigenvalue weighted by Crippen LogP contribution is -2.42. The van der Waals surface area contributed by atoms with Crippen LogP contribution in [-0.4, -0.2) is 44.9 Å². The fraction of sp³-hybridized carbons (Fsp3) is 0.500. The Bertz CT molecular complexity index is 477. The number of amidine groups is 1. The maximum atomic E-state index is 12.2. The van der Waals surface area contributed by atoms with Crippen LogP contribution in [0.1, 0.15) is 29.0 Å². The molecule has 19 heavy (non-hydrogen) atoms. The van der Waals surface area contributed by atoms with Crippen molar-refractivity contribution < 1.29 is 10.0 Å². The fourth-order valence-corrected chi connectivity index (χ4v) is 2.13. The lowest BCUT2D eigenvalue weighted by Gasteiger charge is -2.31. The Morgan fingerprint density at radius 3 is 2.63 bits per heavy atom. The van der Waals surface area contributed by atoms with Crippen LogP contribution in [0.3, 0.4) is 0 Å². The van der Waals surface area contributed by atoms with Gasteiger partial charge in [0, 0.05) is 25.2 Å². The maximum Gasteiger partial charge on any atom is 0.274 e. The zero-order valence-corrected chi connectivity index (χ0v) is 10.8. The lowest BCUT2D eigenvalue weighted by molar-refractivity contribution is 0.0702. The van der Waals surface area contributed by atoms with Gasteiger partial charge in [-0.15, -0.1) is 0 Å². The summed E-state index contributed by atoms with van der Waals surface area (Å²) in [6.07, 6.45) is 4.46. The first-order valence-corrected chi connectivity index (χ1v) is 6.17. The van der Waals surface area contributed by atoms with Crippen LogP contribution in [0, 0.1) is 12.8 Å². The summed E-state index contributed by atoms with van der Waals surface area (Å²) in [5.74, 6) is 0.158. The van der Waals surface area contributed by atoms with Gasteiger partial charge in [-0.2, -0.15) is 0 Å². The summed E-state index contributed by atoms with van der Waals surface area (Å²) in [5.41, 5.74) is 6.71. The third kappa shape index (κ3) is 2.98. The van der Waals surface area contributed by atoms with Crippen molar-refractivity contribution in [1.82, 2.24) is 14.9 Å². The van der Waals surface area contributed by atoms with E-state index in [0.29, 0.717) is 31.6 Å². The Hall–Kier alpha value is -2.18. The van der Waals surface area contributed by atoms with Crippen molar-refractivity contribution in [2.75, 3.05) is 13.1 Å². The van der Waals surface area contributed by atoms with Gasteiger partial charge in [0.2, 0.25) is 0 Å². The molecule has 1 saturated heterocycles. The van der Waals surface area contributed by atoms with Crippen LogP contribution in [0.5, 0.6) is 0 Å². The summed E-state index contributed by atoms with van der Waals surface area (Å²) in [5, 5.41) is 11.6. The first-order valence-electron chi connectivity index (χ1n) is 6.17. The minimum absolute atomic E-state index is 0.0400. The molecule has 0 radical (unpaired) electrons. The van der Waals surface area contributed by atoms with Crippen LogP contribution >= 0.6 is 0 Å². The minimum Gasteiger partial charge on any atom is -0.409 e. The molecule has 3 N–H and O–H groups in total. The number of rotatable bonds is 2. The first kappa shape index (κ1) is 13.3. The number of nitrogens with two attached hydrogens (primary N) is 1. The molecular formula is C12H17N5O2. The highest BCUT2D eigenvalue weighted by Crippen LogP contribution is 2.18. The number of amides is 1. The van der Waals surface area contributed by atoms with E-state index >= 15 is 0 Å². The highest BCUT2D eigenvalue weighted by molar-refractivity contribution is 5.92. The zero-order valence-electron chi connectivity index (χ0n) is 10.8. The van der Waals surface area contributed by atoms with Crippen LogP contribution in [0.2, 0.25) is 0 Å². The van der Waals surface area contributed by atoms with Gasteiger partial charge in [-0.05, 0) is 19.8 Å². The molecule has 0 saturated carbocycles. The molecule has 2 rings (SSSR count). The SMILES string of the molecule is Cc1cnc(C(=O)N2CCC(C(N)=NO)CC2)cn1. The predicted molar refractivity (Wildman–Crippen MR) is 68.8 cm³/mol. The second kappa shape index (κ2) is 5.64. The molecule has 7 heteroatoms. The highest BCUT2D eigenvalue weighted by Gasteiger charge is 2.26. The Balaban J connectivity index is 1.98. The summed E-state index contributed by atoms with van der Waals surface area (Å²) < 4.78 is 0. The second-order valence-corrected chi connectivity index (χ2v) is 4.63. The normalized spacial score (nSPS) is 17.5. The van der Waals surface area contributed by atoms with E-state index < -0.39 is 0 Å². The zero-order chi connectivity index (χ0) is 13.8. The van der Waals surface area contributed by atoms with Crippen molar-refractivity contribution in [1.29, 1.82) is 0 Å². The maximum absolute atomic E-state index is 12.2. The Morgan fingerprint density at radius 1 is 1.42 bits per heavy atom. The van der Waals surface area contributed by atoms with Crippen molar-refractivity contribution in [3.05, 3.63) is 23.8 Å². The Morgan fingerprint density at radius 2 is 2.11 bits per heavy atom. The number of oxime groups is 1. The van der Waals surface area contributed by atoms with Gasteiger partial charge in [0.25, 0.3) is 5.91 Å². The van der Waals surface area contributed by atoms with Crippen molar-refractivity contribution in [2.45, 2.75) is 19.8 Å². The molecule has 0 aromatic carbocycles. The number of aryl methyl sites for hydroxylation is 1. The highest BCUT2D eigenvalue weighted by atomic mass is 16.4. The molecule has 1 aromatic rings. The van der Waals surface area contributed by atoms with E-state index in [-0.39, 0.29) is 17.7 Å². The summed E-state index contributed by atoms with van der Waals surface area (Å²) in [6, 6.07) is 0. The second-order valence-electron chi connectivity index (χ2n) is 4.63. The van der Waals surface area contributed by atoms with Gasteiger partial charge in [-0.3, -0.25) is 9.78 Å². The number of piperidine rings is 1. The number of carbonyl (C=O) groups excluding carboxylic acids is 1. The van der Waals surface area contributed by atoms with E-state index in [1.54, 1.807) is 11.1 Å². The standard InChI is InChI=1S/C12H17N5O2/c1-8-6-15-10(7-14-8)12(18)17-4-2-9(3-5-17)11(13)16-19/h6-7,9,19H,2-5H2,1H3,(H2,13,16). The van der Waals surface area contributed by atoms with Crippen LogP contribution < -0.4 is 5.73 Å². The van der Waals surface area contributed by atoms with Gasteiger partial charge < -0.3 is 15.8 Å². The molecule has 0 bridgehead atoms. The molecule has 1 aliphatic heterocycles. The third-order valence-electron chi connectivity index (χ3n) is 3.32. The third-order valence-corrected chi connectivity index (χ3v) is 3.32. The molecular weight excluding hydrogens is 246 g/mol. The number of hydrogen-bond donors (Lipinski definition) is 2. The smallest absolute Gasteiger partial charge is 0.274 e. The summed E-state index contributed by atoms with van der Waals surface area (Å²) in [6.45, 7) is 2.98. The number of nitrogens with zero attached hydrogens (tertiary/aromatic N) is 4. The fourth-order valence-electron chi connectivity index (χ4n) is 2.13. The van der Waals surface area contributed by atoms with E-state index in [2.05, 4.69) is 15.1 Å². The van der Waals surface area contributed by atoms with Gasteiger partial charge in [0.15, 0.2) is 0 Å². The predicted octanol–water partition coefficient (Wildman–Crippen LogP) is 0.384. The average molecular weight is 263 g/mol. The Kier molecular flexibility index (Phi) is 3.94. The summed E-state index contributed by atoms with van der Waals surface area (Å²) in [7, 11) is 0. The molecule has 1 amide bonds. The van der Waals surface area contributed by atoms with E-state index in [1.165, 1.54) is 6.20 Å². The number of hydrogen-bond acceptors (Lipinski definition) is 5. The molecule has 0 aliphatic carbocycles. The lowest BCUT2D eigenvalue weighted by atomic mass is 9.95. The van der Waals surface area contributed by atoms with E-state index in [9.17, 15) is 4.79 Å². The van der Waals surface area contributed by atoms with E-state index in [0.717, 1.165) is 5.69 Å². The minimum atomic E-state index is -0.120. The topological polar surface area (TPSA) is 105 Å². The van der Waals surface area contributed by atoms with Gasteiger partial charge in [0.1, 0.15) is 11.5 Å². The largest absolute Gasteiger partial charge is 0.409 e. The van der Waals surface area contributed by atoms with Crippen molar-refractivity contribution in [3.8, 4) is 0 Å². The van der Waals surface area contributed by atoms with Gasteiger partial charge in [0.05, 0.1) is 11.9 Å². The van der Waals surface area contributed by atoms with Crippen molar-refractivity contribution in [3.63, 3.8) is 0 Å². The Labute approximate surface area is 111 Å². The summed E-state index contributed by atoms with van der Waals surface area (Å²) in [4.78, 5) is 22.0. The van der Waals surface area contributed by atoms with Crippen molar-refractivity contribution >= 4 is 11.7 Å². The van der Waals surface area contributed by atoms with Crippen LogP contribution in [-0.2, 0) is 0 Å². The van der Waals surface area contributed by atoms with Gasteiger partial charge in [-0.25, -0.2) is 4.98 Å². The van der Waals surface area contributed by atoms with Crippen LogP contribution in [0.25, 0.3) is 0 Å². The number of carbonyl (C=O) groups is 1. The number of likely N-dealkylation sites (tertiary alicyclic amines) is 1. The molecule has 1 aliphatic rings. The molecule has 0 spiro atoms. The molecule has 2 heterocycles. The average Bonchev–Trinajstić information content (AvgIpc) is 2.46. The molecule has 1 aromatic heterocycles. The molecule has 7 nitrogen and oxygen atoms in total.